The standard InChI is InChI=1S/C11H16FNO/c1-8-7-9(12)3-4-10(8)11(2,13)5-6-14/h3-4,7,14H,5-6,13H2,1-2H3/t11-/m1/s1. The van der Waals surface area contributed by atoms with Gasteiger partial charge in [0.05, 0.1) is 0 Å². The molecule has 1 aromatic carbocycles. The van der Waals surface area contributed by atoms with Crippen LogP contribution < -0.4 is 5.73 Å². The molecular weight excluding hydrogens is 181 g/mol. The minimum atomic E-state index is -0.591. The van der Waals surface area contributed by atoms with Gasteiger partial charge in [0, 0.05) is 12.1 Å². The molecule has 0 fully saturated rings. The lowest BCUT2D eigenvalue weighted by molar-refractivity contribution is 0.247. The van der Waals surface area contributed by atoms with Crippen LogP contribution >= 0.6 is 0 Å². The largest absolute Gasteiger partial charge is 0.396 e. The highest BCUT2D eigenvalue weighted by molar-refractivity contribution is 5.32. The molecule has 3 heteroatoms. The normalized spacial score (nSPS) is 15.2. The molecule has 3 N–H and O–H groups in total. The molecule has 78 valence electrons. The van der Waals surface area contributed by atoms with Gasteiger partial charge in [-0.05, 0) is 43.5 Å². The summed E-state index contributed by atoms with van der Waals surface area (Å²) in [5.74, 6) is -0.258. The number of hydrogen-bond donors (Lipinski definition) is 2. The van der Waals surface area contributed by atoms with Crippen molar-refractivity contribution in [1.29, 1.82) is 0 Å². The Morgan fingerprint density at radius 3 is 2.64 bits per heavy atom. The second-order valence-corrected chi connectivity index (χ2v) is 3.85. The maximum absolute atomic E-state index is 12.8. The third-order valence-electron chi connectivity index (χ3n) is 2.43. The molecule has 0 saturated heterocycles. The summed E-state index contributed by atoms with van der Waals surface area (Å²) in [6, 6.07) is 4.53. The van der Waals surface area contributed by atoms with E-state index in [-0.39, 0.29) is 12.4 Å². The lowest BCUT2D eigenvalue weighted by Gasteiger charge is -2.26. The molecular formula is C11H16FNO. The predicted molar refractivity (Wildman–Crippen MR) is 54.4 cm³/mol. The Morgan fingerprint density at radius 1 is 1.50 bits per heavy atom. The zero-order valence-corrected chi connectivity index (χ0v) is 8.55. The van der Waals surface area contributed by atoms with E-state index in [0.717, 1.165) is 11.1 Å². The van der Waals surface area contributed by atoms with Gasteiger partial charge in [0.2, 0.25) is 0 Å². The topological polar surface area (TPSA) is 46.2 Å². The second kappa shape index (κ2) is 4.07. The number of nitrogens with two attached hydrogens (primary N) is 1. The molecule has 1 rings (SSSR count). The van der Waals surface area contributed by atoms with Crippen LogP contribution in [0, 0.1) is 12.7 Å². The molecule has 0 aliphatic carbocycles. The van der Waals surface area contributed by atoms with Gasteiger partial charge in [0.15, 0.2) is 0 Å². The van der Waals surface area contributed by atoms with Gasteiger partial charge >= 0.3 is 0 Å². The molecule has 0 bridgehead atoms. The Morgan fingerprint density at radius 2 is 2.14 bits per heavy atom. The molecule has 14 heavy (non-hydrogen) atoms. The highest BCUT2D eigenvalue weighted by Crippen LogP contribution is 2.24. The van der Waals surface area contributed by atoms with Gasteiger partial charge < -0.3 is 10.8 Å². The van der Waals surface area contributed by atoms with E-state index in [0.29, 0.717) is 6.42 Å². The molecule has 0 aliphatic heterocycles. The lowest BCUT2D eigenvalue weighted by atomic mass is 9.87. The van der Waals surface area contributed by atoms with Crippen LogP contribution in [-0.4, -0.2) is 11.7 Å². The number of benzene rings is 1. The Kier molecular flexibility index (Phi) is 3.24. The first-order chi connectivity index (χ1) is 6.47. The third-order valence-corrected chi connectivity index (χ3v) is 2.43. The van der Waals surface area contributed by atoms with Crippen molar-refractivity contribution in [2.45, 2.75) is 25.8 Å². The number of aryl methyl sites for hydroxylation is 1. The van der Waals surface area contributed by atoms with Crippen LogP contribution in [0.25, 0.3) is 0 Å². The van der Waals surface area contributed by atoms with Crippen LogP contribution in [0.2, 0.25) is 0 Å². The minimum absolute atomic E-state index is 0.0316. The number of halogens is 1. The molecule has 0 heterocycles. The van der Waals surface area contributed by atoms with Crippen LogP contribution in [0.1, 0.15) is 24.5 Å². The Balaban J connectivity index is 3.06. The average Bonchev–Trinajstić information content (AvgIpc) is 2.02. The van der Waals surface area contributed by atoms with E-state index in [9.17, 15) is 4.39 Å². The van der Waals surface area contributed by atoms with Crippen LogP contribution in [-0.2, 0) is 5.54 Å². The van der Waals surface area contributed by atoms with Crippen molar-refractivity contribution in [3.05, 3.63) is 35.1 Å². The first-order valence-electron chi connectivity index (χ1n) is 4.64. The molecule has 0 aromatic heterocycles. The Hall–Kier alpha value is -0.930. The van der Waals surface area contributed by atoms with Crippen LogP contribution in [0.3, 0.4) is 0 Å². The number of aliphatic hydroxyl groups excluding tert-OH is 1. The summed E-state index contributed by atoms with van der Waals surface area (Å²) >= 11 is 0. The summed E-state index contributed by atoms with van der Waals surface area (Å²) in [5, 5.41) is 8.85. The zero-order chi connectivity index (χ0) is 10.8. The van der Waals surface area contributed by atoms with E-state index in [1.807, 2.05) is 13.8 Å². The van der Waals surface area contributed by atoms with Crippen molar-refractivity contribution < 1.29 is 9.50 Å². The molecule has 1 aromatic rings. The highest BCUT2D eigenvalue weighted by Gasteiger charge is 2.22. The number of rotatable bonds is 3. The van der Waals surface area contributed by atoms with Crippen molar-refractivity contribution in [1.82, 2.24) is 0 Å². The van der Waals surface area contributed by atoms with E-state index in [1.165, 1.54) is 12.1 Å². The quantitative estimate of drug-likeness (QED) is 0.774. The molecule has 0 amide bonds. The van der Waals surface area contributed by atoms with Crippen LogP contribution in [0.15, 0.2) is 18.2 Å². The minimum Gasteiger partial charge on any atom is -0.396 e. The summed E-state index contributed by atoms with van der Waals surface area (Å²) in [7, 11) is 0. The van der Waals surface area contributed by atoms with Crippen molar-refractivity contribution in [2.75, 3.05) is 6.61 Å². The van der Waals surface area contributed by atoms with Crippen molar-refractivity contribution in [3.8, 4) is 0 Å². The smallest absolute Gasteiger partial charge is 0.123 e. The molecule has 0 unspecified atom stereocenters. The molecule has 0 aliphatic rings. The SMILES string of the molecule is Cc1cc(F)ccc1[C@](C)(N)CCO. The van der Waals surface area contributed by atoms with Gasteiger partial charge in [-0.25, -0.2) is 4.39 Å². The van der Waals surface area contributed by atoms with Gasteiger partial charge in [-0.2, -0.15) is 0 Å². The van der Waals surface area contributed by atoms with Gasteiger partial charge in [-0.1, -0.05) is 6.07 Å². The van der Waals surface area contributed by atoms with Gasteiger partial charge in [-0.3, -0.25) is 0 Å². The fraction of sp³-hybridized carbons (Fsp3) is 0.455. The van der Waals surface area contributed by atoms with E-state index in [1.54, 1.807) is 6.07 Å². The fourth-order valence-electron chi connectivity index (χ4n) is 1.63. The summed E-state index contributed by atoms with van der Waals surface area (Å²) in [5.41, 5.74) is 7.13. The Bertz CT molecular complexity index is 323. The monoisotopic (exact) mass is 197 g/mol. The molecule has 0 saturated carbocycles. The fourth-order valence-corrected chi connectivity index (χ4v) is 1.63. The first kappa shape index (κ1) is 11.1. The van der Waals surface area contributed by atoms with E-state index in [2.05, 4.69) is 0 Å². The average molecular weight is 197 g/mol. The molecule has 2 nitrogen and oxygen atoms in total. The number of aliphatic hydroxyl groups is 1. The summed E-state index contributed by atoms with van der Waals surface area (Å²) < 4.78 is 12.8. The number of hydrogen-bond acceptors (Lipinski definition) is 2. The molecule has 0 radical (unpaired) electrons. The van der Waals surface area contributed by atoms with Gasteiger partial charge in [0.1, 0.15) is 5.82 Å². The third kappa shape index (κ3) is 2.30. The van der Waals surface area contributed by atoms with E-state index in [4.69, 9.17) is 10.8 Å². The lowest BCUT2D eigenvalue weighted by Crippen LogP contribution is -2.34. The van der Waals surface area contributed by atoms with Crippen molar-refractivity contribution >= 4 is 0 Å². The summed E-state index contributed by atoms with van der Waals surface area (Å²) in [6.45, 7) is 3.69. The first-order valence-corrected chi connectivity index (χ1v) is 4.64. The van der Waals surface area contributed by atoms with Crippen molar-refractivity contribution in [2.24, 2.45) is 5.73 Å². The van der Waals surface area contributed by atoms with Crippen LogP contribution in [0.4, 0.5) is 4.39 Å². The van der Waals surface area contributed by atoms with Gasteiger partial charge in [0.25, 0.3) is 0 Å². The maximum atomic E-state index is 12.8. The van der Waals surface area contributed by atoms with Crippen LogP contribution in [0.5, 0.6) is 0 Å². The molecule has 0 spiro atoms. The Labute approximate surface area is 83.6 Å². The van der Waals surface area contributed by atoms with E-state index >= 15 is 0 Å². The predicted octanol–water partition coefficient (Wildman–Crippen LogP) is 1.69. The van der Waals surface area contributed by atoms with Gasteiger partial charge in [-0.15, -0.1) is 0 Å². The highest BCUT2D eigenvalue weighted by atomic mass is 19.1. The summed E-state index contributed by atoms with van der Waals surface area (Å²) in [4.78, 5) is 0. The molecule has 1 atom stereocenters. The maximum Gasteiger partial charge on any atom is 0.123 e. The van der Waals surface area contributed by atoms with Crippen molar-refractivity contribution in [3.63, 3.8) is 0 Å². The second-order valence-electron chi connectivity index (χ2n) is 3.85. The van der Waals surface area contributed by atoms with E-state index < -0.39 is 5.54 Å². The summed E-state index contributed by atoms with van der Waals surface area (Å²) in [6.07, 6.45) is 0.472. The zero-order valence-electron chi connectivity index (χ0n) is 8.55.